The van der Waals surface area contributed by atoms with E-state index in [4.69, 9.17) is 0 Å². The third-order valence-electron chi connectivity index (χ3n) is 3.67. The van der Waals surface area contributed by atoms with Crippen LogP contribution in [0.4, 0.5) is 10.1 Å². The summed E-state index contributed by atoms with van der Waals surface area (Å²) in [6, 6.07) is 9.80. The second-order valence-corrected chi connectivity index (χ2v) is 8.25. The van der Waals surface area contributed by atoms with Gasteiger partial charge in [-0.1, -0.05) is 32.9 Å². The summed E-state index contributed by atoms with van der Waals surface area (Å²) in [7, 11) is -2.76. The van der Waals surface area contributed by atoms with Gasteiger partial charge < -0.3 is 4.74 Å². The van der Waals surface area contributed by atoms with Gasteiger partial charge in [0.1, 0.15) is 5.82 Å². The number of carbonyl (C=O) groups excluding carboxylic acids is 1. The highest BCUT2D eigenvalue weighted by atomic mass is 32.2. The van der Waals surface area contributed by atoms with E-state index in [0.717, 1.165) is 11.6 Å². The molecule has 1 N–H and O–H groups in total. The highest BCUT2D eigenvalue weighted by Crippen LogP contribution is 2.25. The van der Waals surface area contributed by atoms with E-state index in [1.807, 2.05) is 20.8 Å². The van der Waals surface area contributed by atoms with Gasteiger partial charge in [-0.2, -0.15) is 0 Å². The maximum Gasteiger partial charge on any atom is 0.337 e. The minimum absolute atomic E-state index is 0.00234. The Morgan fingerprint density at radius 3 is 2.16 bits per heavy atom. The number of ether oxygens (including phenoxy) is 1. The predicted molar refractivity (Wildman–Crippen MR) is 93.7 cm³/mol. The summed E-state index contributed by atoms with van der Waals surface area (Å²) in [4.78, 5) is 11.4. The lowest BCUT2D eigenvalue weighted by atomic mass is 9.87. The molecular weight excluding hydrogens is 345 g/mol. The van der Waals surface area contributed by atoms with E-state index < -0.39 is 21.8 Å². The van der Waals surface area contributed by atoms with E-state index in [9.17, 15) is 17.6 Å². The molecule has 0 aromatic heterocycles. The van der Waals surface area contributed by atoms with Crippen molar-refractivity contribution in [2.45, 2.75) is 31.1 Å². The molecule has 7 heteroatoms. The molecule has 0 saturated carbocycles. The van der Waals surface area contributed by atoms with Gasteiger partial charge in [-0.15, -0.1) is 0 Å². The Bertz CT molecular complexity index is 884. The first kappa shape index (κ1) is 18.9. The van der Waals surface area contributed by atoms with E-state index in [1.54, 1.807) is 12.1 Å². The van der Waals surface area contributed by atoms with Crippen LogP contribution in [0.25, 0.3) is 0 Å². The molecule has 0 spiro atoms. The fourth-order valence-corrected chi connectivity index (χ4v) is 3.25. The molecule has 0 amide bonds. The fraction of sp³-hybridized carbons (Fsp3) is 0.278. The topological polar surface area (TPSA) is 72.5 Å². The van der Waals surface area contributed by atoms with Crippen molar-refractivity contribution in [1.82, 2.24) is 0 Å². The van der Waals surface area contributed by atoms with Crippen LogP contribution in [0.5, 0.6) is 0 Å². The van der Waals surface area contributed by atoms with Crippen LogP contribution < -0.4 is 4.72 Å². The van der Waals surface area contributed by atoms with Crippen LogP contribution in [0.3, 0.4) is 0 Å². The Labute approximate surface area is 146 Å². The molecule has 2 aromatic carbocycles. The van der Waals surface area contributed by atoms with Gasteiger partial charge in [-0.25, -0.2) is 17.6 Å². The van der Waals surface area contributed by atoms with Crippen LogP contribution in [0.15, 0.2) is 47.4 Å². The van der Waals surface area contributed by atoms with E-state index in [-0.39, 0.29) is 21.6 Å². The van der Waals surface area contributed by atoms with Gasteiger partial charge in [0.05, 0.1) is 23.3 Å². The van der Waals surface area contributed by atoms with Crippen molar-refractivity contribution in [3.63, 3.8) is 0 Å². The average molecular weight is 365 g/mol. The van der Waals surface area contributed by atoms with Gasteiger partial charge in [0.25, 0.3) is 10.0 Å². The largest absolute Gasteiger partial charge is 0.465 e. The number of nitrogens with one attached hydrogen (secondary N) is 1. The summed E-state index contributed by atoms with van der Waals surface area (Å²) < 4.78 is 45.6. The Morgan fingerprint density at radius 2 is 1.68 bits per heavy atom. The Hall–Kier alpha value is -2.41. The quantitative estimate of drug-likeness (QED) is 0.839. The number of rotatable bonds is 4. The lowest BCUT2D eigenvalue weighted by molar-refractivity contribution is 0.0600. The number of methoxy groups -OCH3 is 1. The van der Waals surface area contributed by atoms with E-state index >= 15 is 0 Å². The summed E-state index contributed by atoms with van der Waals surface area (Å²) in [5.41, 5.74) is 0.635. The summed E-state index contributed by atoms with van der Waals surface area (Å²) in [6.45, 7) is 6.06. The first-order chi connectivity index (χ1) is 11.5. The maximum atomic E-state index is 14.1. The molecular formula is C18H20FNO4S. The Kier molecular flexibility index (Phi) is 5.17. The zero-order chi connectivity index (χ0) is 18.8. The van der Waals surface area contributed by atoms with E-state index in [1.165, 1.54) is 31.4 Å². The Morgan fingerprint density at radius 1 is 1.08 bits per heavy atom. The lowest BCUT2D eigenvalue weighted by Gasteiger charge is -2.19. The highest BCUT2D eigenvalue weighted by Gasteiger charge is 2.19. The normalized spacial score (nSPS) is 11.9. The van der Waals surface area contributed by atoms with Crippen molar-refractivity contribution >= 4 is 21.7 Å². The number of anilines is 1. The standard InChI is InChI=1S/C18H20FNO4S/c1-18(2,3)13-6-8-14(9-7-13)25(22,23)20-16-10-5-12(11-15(16)19)17(21)24-4/h5-11,20H,1-4H3. The third kappa shape index (κ3) is 4.36. The van der Waals surface area contributed by atoms with Gasteiger partial charge in [0, 0.05) is 0 Å². The molecule has 0 unspecified atom stereocenters. The maximum absolute atomic E-state index is 14.1. The van der Waals surface area contributed by atoms with Crippen molar-refractivity contribution in [3.8, 4) is 0 Å². The van der Waals surface area contributed by atoms with E-state index in [0.29, 0.717) is 0 Å². The first-order valence-corrected chi connectivity index (χ1v) is 9.04. The monoisotopic (exact) mass is 365 g/mol. The molecule has 0 aliphatic rings. The number of benzene rings is 2. The molecule has 0 fully saturated rings. The minimum Gasteiger partial charge on any atom is -0.465 e. The van der Waals surface area contributed by atoms with Crippen LogP contribution in [0, 0.1) is 5.82 Å². The van der Waals surface area contributed by atoms with Crippen LogP contribution in [0.2, 0.25) is 0 Å². The predicted octanol–water partition coefficient (Wildman–Crippen LogP) is 3.71. The number of hydrogen-bond acceptors (Lipinski definition) is 4. The second-order valence-electron chi connectivity index (χ2n) is 6.57. The molecule has 2 aromatic rings. The van der Waals surface area contributed by atoms with Crippen LogP contribution >= 0.6 is 0 Å². The number of carbonyl (C=O) groups is 1. The molecule has 0 aliphatic heterocycles. The number of hydrogen-bond donors (Lipinski definition) is 1. The molecule has 0 atom stereocenters. The minimum atomic E-state index is -3.94. The van der Waals surface area contributed by atoms with Crippen molar-refractivity contribution in [2.24, 2.45) is 0 Å². The van der Waals surface area contributed by atoms with Crippen molar-refractivity contribution in [2.75, 3.05) is 11.8 Å². The van der Waals surface area contributed by atoms with Gasteiger partial charge in [0.15, 0.2) is 0 Å². The summed E-state index contributed by atoms with van der Waals surface area (Å²) in [5, 5.41) is 0. The van der Waals surface area contributed by atoms with Crippen molar-refractivity contribution in [3.05, 3.63) is 59.4 Å². The van der Waals surface area contributed by atoms with Gasteiger partial charge in [0.2, 0.25) is 0 Å². The average Bonchev–Trinajstić information content (AvgIpc) is 2.55. The van der Waals surface area contributed by atoms with Gasteiger partial charge in [-0.3, -0.25) is 4.72 Å². The molecule has 0 aliphatic carbocycles. The molecule has 0 saturated heterocycles. The zero-order valence-electron chi connectivity index (χ0n) is 14.5. The van der Waals surface area contributed by atoms with Crippen LogP contribution in [-0.4, -0.2) is 21.5 Å². The van der Waals surface area contributed by atoms with Gasteiger partial charge >= 0.3 is 5.97 Å². The lowest BCUT2D eigenvalue weighted by Crippen LogP contribution is -2.16. The number of sulfonamides is 1. The SMILES string of the molecule is COC(=O)c1ccc(NS(=O)(=O)c2ccc(C(C)(C)C)cc2)c(F)c1. The van der Waals surface area contributed by atoms with Crippen LogP contribution in [0.1, 0.15) is 36.7 Å². The summed E-state index contributed by atoms with van der Waals surface area (Å²) in [5.74, 6) is -1.57. The highest BCUT2D eigenvalue weighted by molar-refractivity contribution is 7.92. The van der Waals surface area contributed by atoms with Crippen LogP contribution in [-0.2, 0) is 20.2 Å². The molecule has 2 rings (SSSR count). The molecule has 25 heavy (non-hydrogen) atoms. The third-order valence-corrected chi connectivity index (χ3v) is 5.05. The molecule has 5 nitrogen and oxygen atoms in total. The molecule has 134 valence electrons. The molecule has 0 bridgehead atoms. The second kappa shape index (κ2) is 6.84. The fourth-order valence-electron chi connectivity index (χ4n) is 2.18. The molecule has 0 heterocycles. The van der Waals surface area contributed by atoms with Gasteiger partial charge in [-0.05, 0) is 41.3 Å². The number of esters is 1. The van der Waals surface area contributed by atoms with Crippen molar-refractivity contribution < 1.29 is 22.3 Å². The zero-order valence-corrected chi connectivity index (χ0v) is 15.3. The molecule has 0 radical (unpaired) electrons. The summed E-state index contributed by atoms with van der Waals surface area (Å²) >= 11 is 0. The summed E-state index contributed by atoms with van der Waals surface area (Å²) in [6.07, 6.45) is 0. The van der Waals surface area contributed by atoms with E-state index in [2.05, 4.69) is 9.46 Å². The van der Waals surface area contributed by atoms with Crippen molar-refractivity contribution in [1.29, 1.82) is 0 Å². The Balaban J connectivity index is 2.28. The number of halogens is 1. The first-order valence-electron chi connectivity index (χ1n) is 7.56. The smallest absolute Gasteiger partial charge is 0.337 e.